The minimum atomic E-state index is -0.262. The molecule has 1 aromatic rings. The Bertz CT molecular complexity index is 561. The van der Waals surface area contributed by atoms with Crippen molar-refractivity contribution >= 4 is 12.0 Å². The van der Waals surface area contributed by atoms with Crippen LogP contribution >= 0.6 is 0 Å². The molecule has 1 amide bonds. The van der Waals surface area contributed by atoms with Crippen LogP contribution < -0.4 is 5.32 Å². The molecule has 108 valence electrons. The minimum Gasteiger partial charge on any atom is -0.349 e. The number of allylic oxidation sites excluding steroid dienone is 2. The maximum absolute atomic E-state index is 12.0. The van der Waals surface area contributed by atoms with Crippen LogP contribution in [0.1, 0.15) is 37.7 Å². The number of amides is 1. The molecule has 0 aliphatic heterocycles. The number of hydrogen-bond donors (Lipinski definition) is 1. The highest BCUT2D eigenvalue weighted by molar-refractivity contribution is 5.97. The van der Waals surface area contributed by atoms with E-state index >= 15 is 0 Å². The Labute approximate surface area is 126 Å². The summed E-state index contributed by atoms with van der Waals surface area (Å²) in [4.78, 5) is 12.0. The van der Waals surface area contributed by atoms with Crippen molar-refractivity contribution in [3.63, 3.8) is 0 Å². The second kappa shape index (κ2) is 8.06. The van der Waals surface area contributed by atoms with Crippen molar-refractivity contribution in [2.45, 2.75) is 38.1 Å². The predicted octanol–water partition coefficient (Wildman–Crippen LogP) is 3.60. The Balaban J connectivity index is 1.95. The topological polar surface area (TPSA) is 52.9 Å². The number of nitriles is 1. The first kappa shape index (κ1) is 15.1. The van der Waals surface area contributed by atoms with Crippen LogP contribution in [0.3, 0.4) is 0 Å². The Kier molecular flexibility index (Phi) is 5.78. The molecule has 0 spiro atoms. The molecule has 1 fully saturated rings. The normalized spacial score (nSPS) is 16.6. The van der Waals surface area contributed by atoms with Crippen molar-refractivity contribution < 1.29 is 4.79 Å². The first-order valence-electron chi connectivity index (χ1n) is 7.44. The zero-order chi connectivity index (χ0) is 14.9. The number of nitrogens with one attached hydrogen (secondary N) is 1. The minimum absolute atomic E-state index is 0.160. The van der Waals surface area contributed by atoms with E-state index in [4.69, 9.17) is 5.26 Å². The number of hydrogen-bond acceptors (Lipinski definition) is 2. The Morgan fingerprint density at radius 3 is 2.57 bits per heavy atom. The third-order valence-electron chi connectivity index (χ3n) is 3.66. The summed E-state index contributed by atoms with van der Waals surface area (Å²) in [5.74, 6) is -0.262. The zero-order valence-corrected chi connectivity index (χ0v) is 12.1. The molecule has 1 aliphatic rings. The molecular formula is C18H20N2O. The molecule has 1 saturated carbocycles. The molecule has 0 bridgehead atoms. The summed E-state index contributed by atoms with van der Waals surface area (Å²) >= 11 is 0. The molecule has 3 heteroatoms. The average molecular weight is 280 g/mol. The Morgan fingerprint density at radius 2 is 1.90 bits per heavy atom. The third kappa shape index (κ3) is 4.92. The first-order chi connectivity index (χ1) is 10.3. The highest BCUT2D eigenvalue weighted by atomic mass is 16.1. The monoisotopic (exact) mass is 280 g/mol. The molecule has 0 heterocycles. The summed E-state index contributed by atoms with van der Waals surface area (Å²) in [5, 5.41) is 12.1. The van der Waals surface area contributed by atoms with E-state index in [0.29, 0.717) is 0 Å². The van der Waals surface area contributed by atoms with E-state index in [1.807, 2.05) is 42.5 Å². The van der Waals surface area contributed by atoms with Gasteiger partial charge in [-0.2, -0.15) is 5.26 Å². The van der Waals surface area contributed by atoms with Crippen LogP contribution in [0.15, 0.2) is 48.1 Å². The molecule has 1 N–H and O–H groups in total. The number of carbonyl (C=O) groups is 1. The fourth-order valence-corrected chi connectivity index (χ4v) is 2.49. The van der Waals surface area contributed by atoms with E-state index in [0.717, 1.165) is 31.2 Å². The second-order valence-electron chi connectivity index (χ2n) is 5.27. The van der Waals surface area contributed by atoms with Crippen LogP contribution in [0.5, 0.6) is 0 Å². The van der Waals surface area contributed by atoms with E-state index in [9.17, 15) is 4.79 Å². The van der Waals surface area contributed by atoms with Crippen LogP contribution in [0.25, 0.3) is 6.08 Å². The molecule has 21 heavy (non-hydrogen) atoms. The SMILES string of the molecule is N#CC(=CC=Cc1ccccc1)C(=O)NC1CCCCC1. The van der Waals surface area contributed by atoms with Crippen LogP contribution in [0.4, 0.5) is 0 Å². The van der Waals surface area contributed by atoms with Crippen LogP contribution in [0, 0.1) is 11.3 Å². The number of benzene rings is 1. The maximum atomic E-state index is 12.0. The van der Waals surface area contributed by atoms with Gasteiger partial charge in [-0.15, -0.1) is 0 Å². The Morgan fingerprint density at radius 1 is 1.19 bits per heavy atom. The van der Waals surface area contributed by atoms with Crippen molar-refractivity contribution in [1.29, 1.82) is 5.26 Å². The molecular weight excluding hydrogens is 260 g/mol. The molecule has 1 aromatic carbocycles. The lowest BCUT2D eigenvalue weighted by Gasteiger charge is -2.22. The van der Waals surface area contributed by atoms with Gasteiger partial charge in [0.2, 0.25) is 0 Å². The van der Waals surface area contributed by atoms with Gasteiger partial charge in [0.05, 0.1) is 0 Å². The lowest BCUT2D eigenvalue weighted by molar-refractivity contribution is -0.118. The lowest BCUT2D eigenvalue weighted by atomic mass is 9.95. The summed E-state index contributed by atoms with van der Waals surface area (Å²) in [6.45, 7) is 0. The fourth-order valence-electron chi connectivity index (χ4n) is 2.49. The van der Waals surface area contributed by atoms with Gasteiger partial charge in [0.25, 0.3) is 5.91 Å². The van der Waals surface area contributed by atoms with E-state index in [1.54, 1.807) is 12.2 Å². The van der Waals surface area contributed by atoms with Gasteiger partial charge in [-0.05, 0) is 24.5 Å². The second-order valence-corrected chi connectivity index (χ2v) is 5.27. The van der Waals surface area contributed by atoms with E-state index in [2.05, 4.69) is 5.32 Å². The molecule has 0 unspecified atom stereocenters. The standard InChI is InChI=1S/C18H20N2O/c19-14-16(11-7-10-15-8-3-1-4-9-15)18(21)20-17-12-5-2-6-13-17/h1,3-4,7-11,17H,2,5-6,12-13H2,(H,20,21). The van der Waals surface area contributed by atoms with Gasteiger partial charge in [0.15, 0.2) is 0 Å². The molecule has 2 rings (SSSR count). The van der Waals surface area contributed by atoms with Gasteiger partial charge >= 0.3 is 0 Å². The third-order valence-corrected chi connectivity index (χ3v) is 3.66. The highest BCUT2D eigenvalue weighted by Gasteiger charge is 2.17. The van der Waals surface area contributed by atoms with Gasteiger partial charge in [-0.1, -0.05) is 61.7 Å². The molecule has 0 aromatic heterocycles. The van der Waals surface area contributed by atoms with Crippen molar-refractivity contribution in [2.24, 2.45) is 0 Å². The highest BCUT2D eigenvalue weighted by Crippen LogP contribution is 2.17. The van der Waals surface area contributed by atoms with Crippen molar-refractivity contribution in [3.8, 4) is 6.07 Å². The fraction of sp³-hybridized carbons (Fsp3) is 0.333. The summed E-state index contributed by atoms with van der Waals surface area (Å²) in [5.41, 5.74) is 1.20. The maximum Gasteiger partial charge on any atom is 0.262 e. The molecule has 0 radical (unpaired) electrons. The van der Waals surface area contributed by atoms with Crippen LogP contribution in [0.2, 0.25) is 0 Å². The summed E-state index contributed by atoms with van der Waals surface area (Å²) in [7, 11) is 0. The van der Waals surface area contributed by atoms with Crippen molar-refractivity contribution in [1.82, 2.24) is 5.32 Å². The van der Waals surface area contributed by atoms with E-state index in [1.165, 1.54) is 6.42 Å². The number of carbonyl (C=O) groups excluding carboxylic acids is 1. The summed E-state index contributed by atoms with van der Waals surface area (Å²) in [6, 6.07) is 12.0. The number of nitrogens with zero attached hydrogens (tertiary/aromatic N) is 1. The van der Waals surface area contributed by atoms with Gasteiger partial charge < -0.3 is 5.32 Å². The first-order valence-corrected chi connectivity index (χ1v) is 7.44. The van der Waals surface area contributed by atoms with Gasteiger partial charge in [-0.3, -0.25) is 4.79 Å². The van der Waals surface area contributed by atoms with E-state index < -0.39 is 0 Å². The smallest absolute Gasteiger partial charge is 0.262 e. The summed E-state index contributed by atoms with van der Waals surface area (Å²) in [6.07, 6.45) is 10.8. The largest absolute Gasteiger partial charge is 0.349 e. The van der Waals surface area contributed by atoms with Gasteiger partial charge in [0, 0.05) is 6.04 Å². The molecule has 3 nitrogen and oxygen atoms in total. The summed E-state index contributed by atoms with van der Waals surface area (Å²) < 4.78 is 0. The van der Waals surface area contributed by atoms with Gasteiger partial charge in [0.1, 0.15) is 11.6 Å². The molecule has 1 aliphatic carbocycles. The predicted molar refractivity (Wildman–Crippen MR) is 84.2 cm³/mol. The number of rotatable bonds is 4. The van der Waals surface area contributed by atoms with E-state index in [-0.39, 0.29) is 17.5 Å². The quantitative estimate of drug-likeness (QED) is 0.520. The zero-order valence-electron chi connectivity index (χ0n) is 12.1. The van der Waals surface area contributed by atoms with Crippen LogP contribution in [-0.4, -0.2) is 11.9 Å². The average Bonchev–Trinajstić information content (AvgIpc) is 2.53. The van der Waals surface area contributed by atoms with Crippen LogP contribution in [-0.2, 0) is 4.79 Å². The van der Waals surface area contributed by atoms with Crippen molar-refractivity contribution in [2.75, 3.05) is 0 Å². The van der Waals surface area contributed by atoms with Crippen molar-refractivity contribution in [3.05, 3.63) is 53.6 Å². The Hall–Kier alpha value is -2.34. The molecule has 0 atom stereocenters. The molecule has 0 saturated heterocycles. The lowest BCUT2D eigenvalue weighted by Crippen LogP contribution is -2.36. The van der Waals surface area contributed by atoms with Gasteiger partial charge in [-0.25, -0.2) is 0 Å².